The smallest absolute Gasteiger partial charge is 0.306 e. The van der Waals surface area contributed by atoms with Gasteiger partial charge in [-0.2, -0.15) is 0 Å². The van der Waals surface area contributed by atoms with E-state index in [2.05, 4.69) is 39.3 Å². The average molecular weight is 794 g/mol. The quantitative estimate of drug-likeness (QED) is 0.141. The number of hydrogen-bond donors (Lipinski definition) is 2. The third-order valence-electron chi connectivity index (χ3n) is 10.9. The van der Waals surface area contributed by atoms with Crippen LogP contribution in [0, 0.1) is 11.8 Å². The molecule has 1 unspecified atom stereocenters. The number of benzene rings is 2. The van der Waals surface area contributed by atoms with Crippen LogP contribution in [0.3, 0.4) is 0 Å². The Morgan fingerprint density at radius 2 is 1.74 bits per heavy atom. The van der Waals surface area contributed by atoms with Crippen molar-refractivity contribution in [2.45, 2.75) is 53.9 Å². The molecule has 8 atom stereocenters. The number of esters is 1. The molecule has 13 heteroatoms. The highest BCUT2D eigenvalue weighted by Gasteiger charge is 2.77. The number of alkyl halides is 1. The maximum absolute atomic E-state index is 15.0. The van der Waals surface area contributed by atoms with Crippen LogP contribution in [-0.4, -0.2) is 125 Å². The Kier molecular flexibility index (Phi) is 12.8. The van der Waals surface area contributed by atoms with Crippen molar-refractivity contribution in [3.05, 3.63) is 97.1 Å². The zero-order valence-corrected chi connectivity index (χ0v) is 31.5. The fourth-order valence-electron chi connectivity index (χ4n) is 8.36. The first-order valence-corrected chi connectivity index (χ1v) is 19.3. The van der Waals surface area contributed by atoms with Gasteiger partial charge in [0.2, 0.25) is 17.7 Å². The minimum atomic E-state index is -1.35. The van der Waals surface area contributed by atoms with E-state index in [9.17, 15) is 19.5 Å². The number of nitrogens with zero attached hydrogens (tertiary/aromatic N) is 3. The highest BCUT2D eigenvalue weighted by Crippen LogP contribution is 2.61. The number of aliphatic hydroxyl groups is 1. The summed E-state index contributed by atoms with van der Waals surface area (Å²) in [7, 11) is 0. The normalized spacial score (nSPS) is 27.5. The van der Waals surface area contributed by atoms with Gasteiger partial charge >= 0.3 is 5.97 Å². The number of aliphatic hydroxyl groups excluding tert-OH is 1. The molecular weight excluding hydrogens is 744 g/mol. The lowest BCUT2D eigenvalue weighted by molar-refractivity contribution is -0.151. The molecule has 2 bridgehead atoms. The van der Waals surface area contributed by atoms with E-state index in [4.69, 9.17) is 14.2 Å². The highest BCUT2D eigenvalue weighted by atomic mass is 79.9. The van der Waals surface area contributed by atoms with Gasteiger partial charge in [-0.3, -0.25) is 24.1 Å². The second-order valence-corrected chi connectivity index (χ2v) is 15.2. The first-order valence-electron chi connectivity index (χ1n) is 18.4. The summed E-state index contributed by atoms with van der Waals surface area (Å²) in [5.41, 5.74) is 0.0350. The molecule has 0 radical (unpaired) electrons. The first-order chi connectivity index (χ1) is 25.7. The van der Waals surface area contributed by atoms with Crippen molar-refractivity contribution in [2.24, 2.45) is 11.8 Å². The van der Waals surface area contributed by atoms with Crippen LogP contribution < -0.4 is 5.32 Å². The summed E-state index contributed by atoms with van der Waals surface area (Å²) < 4.78 is 17.9. The van der Waals surface area contributed by atoms with Crippen LogP contribution >= 0.6 is 15.9 Å². The fraction of sp³-hybridized carbons (Fsp3) is 0.500. The summed E-state index contributed by atoms with van der Waals surface area (Å²) in [6.45, 7) is 11.0. The zero-order chi connectivity index (χ0) is 37.5. The summed E-state index contributed by atoms with van der Waals surface area (Å²) in [4.78, 5) is 62.1. The van der Waals surface area contributed by atoms with E-state index >= 15 is 4.79 Å². The number of amides is 3. The molecule has 4 aliphatic rings. The van der Waals surface area contributed by atoms with E-state index in [1.165, 1.54) is 4.90 Å². The van der Waals surface area contributed by atoms with Crippen molar-refractivity contribution in [3.63, 3.8) is 0 Å². The number of halogens is 1. The molecule has 284 valence electrons. The van der Waals surface area contributed by atoms with Crippen molar-refractivity contribution in [3.8, 4) is 0 Å². The Bertz CT molecular complexity index is 1620. The standard InChI is InChI=1S/C40H49BrN4O8/c1-3-5-16-32(47)52-26-30(27-12-8-6-9-13-27)42-37(48)33-34-38(49)45(31(25-46)28-14-10-7-11-15-28)36(40(34)24-29(41)35(33)53-40)39(50)44(17-4-2)19-18-43-20-22-51-23-21-43/h3-4,6-15,29-31,33-36,46H,1-2,5,16-26H2,(H,42,48)/t29?,30-,31+,33+,34-,35+,36+,40-/m0/s1. The van der Waals surface area contributed by atoms with Crippen LogP contribution in [0.2, 0.25) is 0 Å². The number of morpholine rings is 1. The monoisotopic (exact) mass is 792 g/mol. The molecule has 6 rings (SSSR count). The molecule has 4 aliphatic heterocycles. The van der Waals surface area contributed by atoms with E-state index < -0.39 is 66.1 Å². The second kappa shape index (κ2) is 17.5. The van der Waals surface area contributed by atoms with Crippen molar-refractivity contribution >= 4 is 39.6 Å². The Labute approximate surface area is 319 Å². The summed E-state index contributed by atoms with van der Waals surface area (Å²) in [6, 6.07) is 15.6. The number of carbonyl (C=O) groups is 4. The maximum Gasteiger partial charge on any atom is 0.306 e. The molecule has 2 N–H and O–H groups in total. The van der Waals surface area contributed by atoms with E-state index in [1.807, 2.05) is 60.7 Å². The largest absolute Gasteiger partial charge is 0.463 e. The van der Waals surface area contributed by atoms with Gasteiger partial charge in [0.1, 0.15) is 18.2 Å². The molecule has 0 aromatic heterocycles. The number of fused-ring (bicyclic) bond motifs is 1. The Hall–Kier alpha value is -3.88. The van der Waals surface area contributed by atoms with E-state index in [0.29, 0.717) is 44.7 Å². The van der Waals surface area contributed by atoms with Gasteiger partial charge in [-0.15, -0.1) is 13.2 Å². The minimum absolute atomic E-state index is 0.112. The number of rotatable bonds is 17. The van der Waals surface area contributed by atoms with Crippen LogP contribution in [0.1, 0.15) is 42.5 Å². The summed E-state index contributed by atoms with van der Waals surface area (Å²) >= 11 is 3.77. The molecule has 4 fully saturated rings. The molecule has 0 aliphatic carbocycles. The number of nitrogens with one attached hydrogen (secondary N) is 1. The van der Waals surface area contributed by atoms with Crippen LogP contribution in [0.15, 0.2) is 86.0 Å². The predicted molar refractivity (Wildman–Crippen MR) is 201 cm³/mol. The molecule has 0 saturated carbocycles. The lowest BCUT2D eigenvalue weighted by atomic mass is 9.70. The van der Waals surface area contributed by atoms with Crippen LogP contribution in [0.25, 0.3) is 0 Å². The van der Waals surface area contributed by atoms with Crippen LogP contribution in [-0.2, 0) is 33.4 Å². The van der Waals surface area contributed by atoms with Crippen molar-refractivity contribution < 1.29 is 38.5 Å². The lowest BCUT2D eigenvalue weighted by Crippen LogP contribution is -2.58. The number of ether oxygens (including phenoxy) is 3. The molecule has 3 amide bonds. The summed E-state index contributed by atoms with van der Waals surface area (Å²) in [5.74, 6) is -3.59. The van der Waals surface area contributed by atoms with E-state index in [0.717, 1.165) is 18.7 Å². The molecular formula is C40H49BrN4O8. The number of likely N-dealkylation sites (tertiary alicyclic amines) is 1. The number of carbonyl (C=O) groups excluding carboxylic acids is 4. The lowest BCUT2D eigenvalue weighted by Gasteiger charge is -2.40. The molecule has 53 heavy (non-hydrogen) atoms. The third kappa shape index (κ3) is 8.00. The predicted octanol–water partition coefficient (Wildman–Crippen LogP) is 3.18. The third-order valence-corrected chi connectivity index (χ3v) is 11.7. The molecule has 2 aromatic rings. The van der Waals surface area contributed by atoms with Gasteiger partial charge in [-0.1, -0.05) is 88.7 Å². The summed E-state index contributed by atoms with van der Waals surface area (Å²) in [6.07, 6.45) is 3.53. The number of allylic oxidation sites excluding steroid dienone is 1. The van der Waals surface area contributed by atoms with Gasteiger partial charge in [0.15, 0.2) is 0 Å². The van der Waals surface area contributed by atoms with Crippen molar-refractivity contribution in [1.82, 2.24) is 20.0 Å². The molecule has 4 heterocycles. The van der Waals surface area contributed by atoms with Crippen molar-refractivity contribution in [2.75, 3.05) is 59.2 Å². The molecule has 12 nitrogen and oxygen atoms in total. The van der Waals surface area contributed by atoms with Gasteiger partial charge in [0, 0.05) is 44.0 Å². The fourth-order valence-corrected chi connectivity index (χ4v) is 9.30. The zero-order valence-electron chi connectivity index (χ0n) is 29.9. The Morgan fingerprint density at radius 1 is 1.06 bits per heavy atom. The summed E-state index contributed by atoms with van der Waals surface area (Å²) in [5, 5.41) is 14.0. The van der Waals surface area contributed by atoms with Crippen LogP contribution in [0.5, 0.6) is 0 Å². The first kappa shape index (κ1) is 38.8. The molecule has 4 saturated heterocycles. The molecule has 2 aromatic carbocycles. The topological polar surface area (TPSA) is 138 Å². The van der Waals surface area contributed by atoms with E-state index in [-0.39, 0.29) is 30.3 Å². The van der Waals surface area contributed by atoms with Gasteiger partial charge in [-0.25, -0.2) is 0 Å². The number of hydrogen-bond acceptors (Lipinski definition) is 9. The van der Waals surface area contributed by atoms with Gasteiger partial charge in [0.25, 0.3) is 0 Å². The van der Waals surface area contributed by atoms with Crippen LogP contribution in [0.4, 0.5) is 0 Å². The van der Waals surface area contributed by atoms with Gasteiger partial charge < -0.3 is 34.4 Å². The van der Waals surface area contributed by atoms with Gasteiger partial charge in [-0.05, 0) is 24.0 Å². The van der Waals surface area contributed by atoms with Crippen molar-refractivity contribution in [1.29, 1.82) is 0 Å². The molecule has 1 spiro atoms. The SMILES string of the molecule is C=CCCC(=O)OC[C@H](NC(=O)[C@H]1[C@@H]2O[C@@]3(CC2Br)[C@@H]1C(=O)N([C@H](CO)c1ccccc1)[C@@H]3C(=O)N(CC=C)CCN1CCOCC1)c1ccccc1. The van der Waals surface area contributed by atoms with E-state index in [1.54, 1.807) is 17.1 Å². The highest BCUT2D eigenvalue weighted by molar-refractivity contribution is 9.09. The maximum atomic E-state index is 15.0. The second-order valence-electron chi connectivity index (χ2n) is 14.0. The Balaban J connectivity index is 1.34. The average Bonchev–Trinajstić information content (AvgIpc) is 3.78. The Morgan fingerprint density at radius 3 is 2.38 bits per heavy atom. The van der Waals surface area contributed by atoms with Gasteiger partial charge in [0.05, 0.1) is 49.8 Å². The minimum Gasteiger partial charge on any atom is -0.463 e.